The van der Waals surface area contributed by atoms with Crippen molar-refractivity contribution in [2.45, 2.75) is 13.3 Å². The number of pyridine rings is 1. The van der Waals surface area contributed by atoms with E-state index >= 15 is 0 Å². The van der Waals surface area contributed by atoms with Crippen LogP contribution in [0.4, 0.5) is 0 Å². The van der Waals surface area contributed by atoms with Gasteiger partial charge in [0.05, 0.1) is 11.9 Å². The highest BCUT2D eigenvalue weighted by atomic mass is 16.3. The average Bonchev–Trinajstić information content (AvgIpc) is 2.10. The van der Waals surface area contributed by atoms with E-state index in [2.05, 4.69) is 0 Å². The molecule has 0 saturated heterocycles. The van der Waals surface area contributed by atoms with Crippen molar-refractivity contribution in [3.8, 4) is 5.75 Å². The lowest BCUT2D eigenvalue weighted by Crippen LogP contribution is -2.13. The van der Waals surface area contributed by atoms with Gasteiger partial charge in [-0.1, -0.05) is 6.92 Å². The van der Waals surface area contributed by atoms with Crippen LogP contribution in [0.3, 0.4) is 0 Å². The van der Waals surface area contributed by atoms with Gasteiger partial charge in [0.15, 0.2) is 11.5 Å². The number of hydrogen-bond acceptors (Lipinski definition) is 3. The van der Waals surface area contributed by atoms with Crippen LogP contribution in [-0.4, -0.2) is 15.5 Å². The minimum Gasteiger partial charge on any atom is -0.503 e. The molecule has 0 aliphatic rings. The topological polar surface area (TPSA) is 59.3 Å². The molecule has 0 aliphatic carbocycles. The molecule has 0 bridgehead atoms. The van der Waals surface area contributed by atoms with Crippen molar-refractivity contribution in [2.75, 3.05) is 0 Å². The minimum atomic E-state index is -0.519. The molecule has 1 aromatic rings. The number of nitrogens with zero attached hydrogens (tertiary/aromatic N) is 1. The largest absolute Gasteiger partial charge is 0.503 e. The van der Waals surface area contributed by atoms with Crippen LogP contribution in [0, 0.1) is 0 Å². The van der Waals surface area contributed by atoms with Gasteiger partial charge in [0.1, 0.15) is 0 Å². The van der Waals surface area contributed by atoms with Crippen molar-refractivity contribution in [1.82, 2.24) is 4.57 Å². The lowest BCUT2D eigenvalue weighted by Gasteiger charge is -2.05. The van der Waals surface area contributed by atoms with Gasteiger partial charge in [-0.05, 0) is 0 Å². The Balaban J connectivity index is 3.32. The molecular formula is C9H11NO3. The van der Waals surface area contributed by atoms with E-state index in [1.54, 1.807) is 14.0 Å². The first-order chi connectivity index (χ1) is 6.06. The van der Waals surface area contributed by atoms with Gasteiger partial charge in [-0.2, -0.15) is 0 Å². The number of Topliss-reactive ketones (excluding diaryl/α,β-unsaturated/α-hetero) is 1. The van der Waals surface area contributed by atoms with Gasteiger partial charge in [0.2, 0.25) is 5.43 Å². The van der Waals surface area contributed by atoms with Gasteiger partial charge < -0.3 is 9.67 Å². The lowest BCUT2D eigenvalue weighted by molar-refractivity contribution is 0.0979. The maximum absolute atomic E-state index is 11.3. The fraction of sp³-hybridized carbons (Fsp3) is 0.333. The fourth-order valence-corrected chi connectivity index (χ4v) is 1.07. The van der Waals surface area contributed by atoms with E-state index in [9.17, 15) is 9.59 Å². The monoisotopic (exact) mass is 181 g/mol. The molecule has 0 atom stereocenters. The Morgan fingerprint density at radius 1 is 1.62 bits per heavy atom. The number of carbonyl (C=O) groups is 1. The Morgan fingerprint density at radius 2 is 2.23 bits per heavy atom. The summed E-state index contributed by atoms with van der Waals surface area (Å²) in [6, 6.07) is 1.15. The van der Waals surface area contributed by atoms with E-state index in [0.29, 0.717) is 12.1 Å². The van der Waals surface area contributed by atoms with Crippen molar-refractivity contribution in [3.05, 3.63) is 28.2 Å². The summed E-state index contributed by atoms with van der Waals surface area (Å²) in [5, 5.41) is 9.03. The second-order valence-corrected chi connectivity index (χ2v) is 2.80. The molecule has 1 aromatic heterocycles. The molecule has 4 nitrogen and oxygen atoms in total. The van der Waals surface area contributed by atoms with E-state index in [1.807, 2.05) is 0 Å². The molecule has 0 fully saturated rings. The summed E-state index contributed by atoms with van der Waals surface area (Å²) in [5.74, 6) is -0.449. The molecule has 1 N–H and O–H groups in total. The fourth-order valence-electron chi connectivity index (χ4n) is 1.07. The first-order valence-electron chi connectivity index (χ1n) is 3.99. The van der Waals surface area contributed by atoms with Gasteiger partial charge >= 0.3 is 0 Å². The summed E-state index contributed by atoms with van der Waals surface area (Å²) in [7, 11) is 1.61. The summed E-state index contributed by atoms with van der Waals surface area (Å²) in [6.07, 6.45) is 1.59. The Morgan fingerprint density at radius 3 is 2.77 bits per heavy atom. The highest BCUT2D eigenvalue weighted by Crippen LogP contribution is 2.05. The molecule has 1 rings (SSSR count). The van der Waals surface area contributed by atoms with E-state index in [-0.39, 0.29) is 11.5 Å². The zero-order chi connectivity index (χ0) is 10.0. The molecule has 0 amide bonds. The van der Waals surface area contributed by atoms with Crippen LogP contribution in [-0.2, 0) is 7.05 Å². The molecule has 70 valence electrons. The van der Waals surface area contributed by atoms with Crippen LogP contribution in [0.2, 0.25) is 0 Å². The molecule has 13 heavy (non-hydrogen) atoms. The van der Waals surface area contributed by atoms with Crippen molar-refractivity contribution >= 4 is 5.78 Å². The molecule has 0 aliphatic heterocycles. The van der Waals surface area contributed by atoms with E-state index in [1.165, 1.54) is 10.8 Å². The molecule has 0 aromatic carbocycles. The Kier molecular flexibility index (Phi) is 2.51. The van der Waals surface area contributed by atoms with Crippen LogP contribution in [0.1, 0.15) is 23.8 Å². The molecule has 0 unspecified atom stereocenters. The number of rotatable bonds is 2. The van der Waals surface area contributed by atoms with Crippen LogP contribution < -0.4 is 5.43 Å². The molecule has 1 heterocycles. The van der Waals surface area contributed by atoms with E-state index in [0.717, 1.165) is 6.07 Å². The Labute approximate surface area is 75.4 Å². The smallest absolute Gasteiger partial charge is 0.223 e. The van der Waals surface area contributed by atoms with Crippen molar-refractivity contribution < 1.29 is 9.90 Å². The second-order valence-electron chi connectivity index (χ2n) is 2.80. The van der Waals surface area contributed by atoms with Gasteiger partial charge in [-0.15, -0.1) is 0 Å². The summed E-state index contributed by atoms with van der Waals surface area (Å²) in [6.45, 7) is 1.72. The van der Waals surface area contributed by atoms with Gasteiger partial charge in [0, 0.05) is 19.5 Å². The highest BCUT2D eigenvalue weighted by Gasteiger charge is 2.08. The van der Waals surface area contributed by atoms with Gasteiger partial charge in [-0.25, -0.2) is 0 Å². The predicted octanol–water partition coefficient (Wildman–Crippen LogP) is 0.684. The van der Waals surface area contributed by atoms with Crippen molar-refractivity contribution in [2.24, 2.45) is 7.05 Å². The number of aryl methyl sites for hydroxylation is 1. The maximum atomic E-state index is 11.3. The number of ketones is 1. The normalized spacial score (nSPS) is 10.0. The first kappa shape index (κ1) is 9.51. The molecule has 0 radical (unpaired) electrons. The van der Waals surface area contributed by atoms with Gasteiger partial charge in [-0.3, -0.25) is 9.59 Å². The van der Waals surface area contributed by atoms with E-state index in [4.69, 9.17) is 5.11 Å². The third-order valence-corrected chi connectivity index (χ3v) is 1.82. The number of carbonyl (C=O) groups excluding carboxylic acids is 1. The maximum Gasteiger partial charge on any atom is 0.223 e. The van der Waals surface area contributed by atoms with Crippen molar-refractivity contribution in [1.29, 1.82) is 0 Å². The minimum absolute atomic E-state index is 0.111. The Hall–Kier alpha value is -1.58. The first-order valence-corrected chi connectivity index (χ1v) is 3.99. The van der Waals surface area contributed by atoms with Crippen molar-refractivity contribution in [3.63, 3.8) is 0 Å². The zero-order valence-electron chi connectivity index (χ0n) is 7.57. The lowest BCUT2D eigenvalue weighted by atomic mass is 10.2. The predicted molar refractivity (Wildman–Crippen MR) is 48.0 cm³/mol. The zero-order valence-corrected chi connectivity index (χ0v) is 7.57. The summed E-state index contributed by atoms with van der Waals surface area (Å²) >= 11 is 0. The third-order valence-electron chi connectivity index (χ3n) is 1.82. The van der Waals surface area contributed by atoms with Crippen LogP contribution in [0.5, 0.6) is 5.75 Å². The quantitative estimate of drug-likeness (QED) is 0.682. The third kappa shape index (κ3) is 1.77. The standard InChI is InChI=1S/C9H11NO3/c1-3-7(11)6-4-8(12)9(13)5-10(6)2/h4-5,13H,3H2,1-2H3. The van der Waals surface area contributed by atoms with Crippen LogP contribution >= 0.6 is 0 Å². The summed E-state index contributed by atoms with van der Waals surface area (Å²) in [4.78, 5) is 22.3. The summed E-state index contributed by atoms with van der Waals surface area (Å²) < 4.78 is 1.45. The summed E-state index contributed by atoms with van der Waals surface area (Å²) in [5.41, 5.74) is -0.194. The number of aromatic hydroxyl groups is 1. The highest BCUT2D eigenvalue weighted by molar-refractivity contribution is 5.94. The van der Waals surface area contributed by atoms with Crippen LogP contribution in [0.15, 0.2) is 17.1 Å². The molecule has 4 heteroatoms. The number of aromatic nitrogens is 1. The molecular weight excluding hydrogens is 170 g/mol. The molecule has 0 saturated carbocycles. The second kappa shape index (κ2) is 3.43. The average molecular weight is 181 g/mol. The van der Waals surface area contributed by atoms with E-state index < -0.39 is 5.43 Å². The van der Waals surface area contributed by atoms with Gasteiger partial charge in [0.25, 0.3) is 0 Å². The molecule has 0 spiro atoms. The SMILES string of the molecule is CCC(=O)c1cc(=O)c(O)cn1C. The van der Waals surface area contributed by atoms with Crippen LogP contribution in [0.25, 0.3) is 0 Å². The Bertz CT molecular complexity index is 392. The number of hydrogen-bond donors (Lipinski definition) is 1.